The number of allylic oxidation sites excluding steroid dienone is 10. The molecule has 344 valence electrons. The van der Waals surface area contributed by atoms with E-state index in [1.165, 1.54) is 12.8 Å². The summed E-state index contributed by atoms with van der Waals surface area (Å²) in [6.45, 7) is 2.30. The van der Waals surface area contributed by atoms with Gasteiger partial charge in [-0.2, -0.15) is 0 Å². The molecule has 11 atom stereocenters. The molecule has 0 amide bonds. The first-order valence-corrected chi connectivity index (χ1v) is 21.9. The third kappa shape index (κ3) is 21.8. The highest BCUT2D eigenvalue weighted by atomic mass is 16.7. The maximum absolute atomic E-state index is 12.9. The van der Waals surface area contributed by atoms with Gasteiger partial charge >= 0.3 is 11.9 Å². The van der Waals surface area contributed by atoms with E-state index >= 15 is 0 Å². The molecule has 0 saturated carbocycles. The molecule has 0 radical (unpaired) electrons. The summed E-state index contributed by atoms with van der Waals surface area (Å²) in [5, 5.41) is 71.7. The van der Waals surface area contributed by atoms with Crippen LogP contribution in [0.15, 0.2) is 60.8 Å². The second-order valence-electron chi connectivity index (χ2n) is 15.1. The monoisotopic (exact) mass is 855 g/mol. The number of hydrogen-bond acceptors (Lipinski definition) is 15. The summed E-state index contributed by atoms with van der Waals surface area (Å²) < 4.78 is 33.3. The molecule has 0 aromatic heterocycles. The SMILES string of the molecule is CC/C=C\C/C=C\C/C=C\C/C=C\CCC(=O)OC(COC(=O)CCCCCCC/C=C\CCCC)COC1OC(COC2OC(CO)C(O)C(O)C2O)C(O)C(O)C1O. The Hall–Kier alpha value is -2.80. The lowest BCUT2D eigenvalue weighted by atomic mass is 9.98. The van der Waals surface area contributed by atoms with Crippen molar-refractivity contribution in [2.75, 3.05) is 26.4 Å². The lowest BCUT2D eigenvalue weighted by Gasteiger charge is -2.42. The molecule has 0 aromatic rings. The molecule has 0 spiro atoms. The molecule has 60 heavy (non-hydrogen) atoms. The molecule has 0 aliphatic carbocycles. The topological polar surface area (TPSA) is 231 Å². The molecule has 7 N–H and O–H groups in total. The van der Waals surface area contributed by atoms with Gasteiger partial charge in [-0.25, -0.2) is 0 Å². The van der Waals surface area contributed by atoms with E-state index in [1.54, 1.807) is 0 Å². The fraction of sp³-hybridized carbons (Fsp3) is 0.733. The van der Waals surface area contributed by atoms with Crippen molar-refractivity contribution in [1.29, 1.82) is 0 Å². The van der Waals surface area contributed by atoms with E-state index in [0.717, 1.165) is 57.8 Å². The number of aliphatic hydroxyl groups excluding tert-OH is 7. The van der Waals surface area contributed by atoms with Crippen molar-refractivity contribution < 1.29 is 73.8 Å². The van der Waals surface area contributed by atoms with Crippen molar-refractivity contribution in [3.63, 3.8) is 0 Å². The van der Waals surface area contributed by atoms with Gasteiger partial charge < -0.3 is 64.2 Å². The summed E-state index contributed by atoms with van der Waals surface area (Å²) in [4.78, 5) is 25.5. The van der Waals surface area contributed by atoms with E-state index in [1.807, 2.05) is 18.2 Å². The Bertz CT molecular complexity index is 1280. The zero-order valence-corrected chi connectivity index (χ0v) is 35.7. The van der Waals surface area contributed by atoms with Gasteiger partial charge in [-0.05, 0) is 57.8 Å². The van der Waals surface area contributed by atoms with Gasteiger partial charge in [0.05, 0.1) is 19.8 Å². The first kappa shape index (κ1) is 53.3. The van der Waals surface area contributed by atoms with Crippen LogP contribution in [0.5, 0.6) is 0 Å². The van der Waals surface area contributed by atoms with Crippen LogP contribution in [0.2, 0.25) is 0 Å². The average Bonchev–Trinajstić information content (AvgIpc) is 3.24. The molecule has 0 aromatic carbocycles. The van der Waals surface area contributed by atoms with Gasteiger partial charge in [-0.15, -0.1) is 0 Å². The quantitative estimate of drug-likeness (QED) is 0.0295. The van der Waals surface area contributed by atoms with E-state index in [9.17, 15) is 45.3 Å². The van der Waals surface area contributed by atoms with Crippen LogP contribution in [0.4, 0.5) is 0 Å². The van der Waals surface area contributed by atoms with Gasteiger partial charge in [0.15, 0.2) is 18.7 Å². The maximum atomic E-state index is 12.9. The first-order chi connectivity index (χ1) is 29.0. The Morgan fingerprint density at radius 1 is 0.550 bits per heavy atom. The molecule has 2 aliphatic heterocycles. The lowest BCUT2D eigenvalue weighted by molar-refractivity contribution is -0.332. The minimum atomic E-state index is -1.78. The normalized spacial score (nSPS) is 28.1. The molecule has 15 heteroatoms. The van der Waals surface area contributed by atoms with Gasteiger partial charge in [0, 0.05) is 12.8 Å². The minimum Gasteiger partial charge on any atom is -0.462 e. The van der Waals surface area contributed by atoms with Crippen molar-refractivity contribution >= 4 is 11.9 Å². The highest BCUT2D eigenvalue weighted by Gasteiger charge is 2.47. The number of carbonyl (C=O) groups excluding carboxylic acids is 2. The Balaban J connectivity index is 1.91. The van der Waals surface area contributed by atoms with E-state index in [4.69, 9.17) is 28.4 Å². The number of ether oxygens (including phenoxy) is 6. The van der Waals surface area contributed by atoms with Crippen molar-refractivity contribution in [3.05, 3.63) is 60.8 Å². The van der Waals surface area contributed by atoms with Crippen LogP contribution < -0.4 is 0 Å². The van der Waals surface area contributed by atoms with Crippen LogP contribution in [0.3, 0.4) is 0 Å². The largest absolute Gasteiger partial charge is 0.462 e. The van der Waals surface area contributed by atoms with Crippen molar-refractivity contribution in [2.45, 2.75) is 184 Å². The van der Waals surface area contributed by atoms with Crippen LogP contribution in [0.1, 0.15) is 117 Å². The molecule has 2 aliphatic rings. The molecule has 2 fully saturated rings. The van der Waals surface area contributed by atoms with E-state index in [0.29, 0.717) is 19.3 Å². The third-order valence-corrected chi connectivity index (χ3v) is 9.99. The minimum absolute atomic E-state index is 0.0397. The Morgan fingerprint density at radius 2 is 1.08 bits per heavy atom. The number of rotatable bonds is 31. The van der Waals surface area contributed by atoms with Gasteiger partial charge in [-0.3, -0.25) is 9.59 Å². The van der Waals surface area contributed by atoms with Crippen LogP contribution in [0, 0.1) is 0 Å². The summed E-state index contributed by atoms with van der Waals surface area (Å²) in [7, 11) is 0. The molecule has 11 unspecified atom stereocenters. The van der Waals surface area contributed by atoms with Gasteiger partial charge in [-0.1, -0.05) is 107 Å². The number of aliphatic hydroxyl groups is 7. The van der Waals surface area contributed by atoms with Crippen molar-refractivity contribution in [2.24, 2.45) is 0 Å². The van der Waals surface area contributed by atoms with Crippen LogP contribution in [0.25, 0.3) is 0 Å². The zero-order chi connectivity index (χ0) is 44.0. The van der Waals surface area contributed by atoms with Crippen molar-refractivity contribution in [3.8, 4) is 0 Å². The average molecular weight is 855 g/mol. The molecule has 2 saturated heterocycles. The maximum Gasteiger partial charge on any atom is 0.306 e. The molecular formula is C45H74O15. The Kier molecular flexibility index (Phi) is 29.2. The molecule has 15 nitrogen and oxygen atoms in total. The van der Waals surface area contributed by atoms with Crippen molar-refractivity contribution in [1.82, 2.24) is 0 Å². The highest BCUT2D eigenvalue weighted by molar-refractivity contribution is 5.70. The molecule has 2 rings (SSSR count). The van der Waals surface area contributed by atoms with Crippen LogP contribution in [-0.4, -0.2) is 142 Å². The highest BCUT2D eigenvalue weighted by Crippen LogP contribution is 2.26. The molecule has 0 bridgehead atoms. The second kappa shape index (κ2) is 32.9. The smallest absolute Gasteiger partial charge is 0.306 e. The van der Waals surface area contributed by atoms with Gasteiger partial charge in [0.25, 0.3) is 0 Å². The van der Waals surface area contributed by atoms with Crippen LogP contribution >= 0.6 is 0 Å². The molecule has 2 heterocycles. The predicted molar refractivity (Wildman–Crippen MR) is 224 cm³/mol. The lowest BCUT2D eigenvalue weighted by Crippen LogP contribution is -2.61. The fourth-order valence-corrected chi connectivity index (χ4v) is 6.33. The number of esters is 2. The summed E-state index contributed by atoms with van der Waals surface area (Å²) in [6.07, 6.45) is 17.2. The Labute approximate surface area is 356 Å². The van der Waals surface area contributed by atoms with Gasteiger partial charge in [0.2, 0.25) is 0 Å². The number of unbranched alkanes of at least 4 members (excludes halogenated alkanes) is 7. The van der Waals surface area contributed by atoms with Crippen LogP contribution in [-0.2, 0) is 38.0 Å². The van der Waals surface area contributed by atoms with Gasteiger partial charge in [0.1, 0.15) is 55.4 Å². The van der Waals surface area contributed by atoms with E-state index < -0.39 is 99.3 Å². The summed E-state index contributed by atoms with van der Waals surface area (Å²) >= 11 is 0. The first-order valence-electron chi connectivity index (χ1n) is 21.9. The number of hydrogen-bond donors (Lipinski definition) is 7. The predicted octanol–water partition coefficient (Wildman–Crippen LogP) is 4.14. The third-order valence-electron chi connectivity index (χ3n) is 9.99. The Morgan fingerprint density at radius 3 is 1.72 bits per heavy atom. The summed E-state index contributed by atoms with van der Waals surface area (Å²) in [5.74, 6) is -1.04. The summed E-state index contributed by atoms with van der Waals surface area (Å²) in [6, 6.07) is 0. The number of carbonyl (C=O) groups is 2. The second-order valence-corrected chi connectivity index (χ2v) is 15.1. The molecular weight excluding hydrogens is 780 g/mol. The van der Waals surface area contributed by atoms with E-state index in [-0.39, 0.29) is 19.4 Å². The van der Waals surface area contributed by atoms with E-state index in [2.05, 4.69) is 56.4 Å². The standard InChI is InChI=1S/C45H74O15/c1-3-5-7-9-11-13-15-16-18-20-22-24-26-28-37(48)58-33(30-55-36(47)27-25-23-21-19-17-14-12-10-8-6-4-2)31-56-44-43(54)41(52)39(50)35(60-44)32-57-45-42(53)40(51)38(49)34(29-46)59-45/h5,7,10-13,16,18,22,24,33-35,38-46,49-54H,3-4,6,8-9,14-15,17,19-21,23,25-32H2,1-2H3/b7-5-,12-10-,13-11-,18-16-,24-22-. The zero-order valence-electron chi connectivity index (χ0n) is 35.7. The summed E-state index contributed by atoms with van der Waals surface area (Å²) in [5.41, 5.74) is 0. The fourth-order valence-electron chi connectivity index (χ4n) is 6.33.